The van der Waals surface area contributed by atoms with Gasteiger partial charge in [-0.2, -0.15) is 0 Å². The summed E-state index contributed by atoms with van der Waals surface area (Å²) in [5.74, 6) is 0.756. The largest absolute Gasteiger partial charge is 0.497 e. The third-order valence-electron chi connectivity index (χ3n) is 3.97. The Hall–Kier alpha value is -1.04. The Bertz CT molecular complexity index is 425. The van der Waals surface area contributed by atoms with Crippen molar-refractivity contribution in [2.24, 2.45) is 0 Å². The Morgan fingerprint density at radius 2 is 2.21 bits per heavy atom. The van der Waals surface area contributed by atoms with Crippen LogP contribution in [0, 0.1) is 0 Å². The predicted octanol–water partition coefficient (Wildman–Crippen LogP) is 0.749. The van der Waals surface area contributed by atoms with Crippen molar-refractivity contribution in [1.82, 2.24) is 4.90 Å². The molecule has 1 unspecified atom stereocenters. The first kappa shape index (κ1) is 14.4. The van der Waals surface area contributed by atoms with Crippen LogP contribution in [0.3, 0.4) is 0 Å². The van der Waals surface area contributed by atoms with Crippen LogP contribution in [0.2, 0.25) is 0 Å². The van der Waals surface area contributed by atoms with Crippen molar-refractivity contribution in [1.29, 1.82) is 0 Å². The van der Waals surface area contributed by atoms with E-state index in [9.17, 15) is 10.0 Å². The van der Waals surface area contributed by atoms with E-state index < -0.39 is 7.12 Å². The fraction of sp³-hybridized carbons (Fsp3) is 0.571. The number of nitrogens with zero attached hydrogens (tertiary/aromatic N) is 1. The molecule has 1 aromatic carbocycles. The highest BCUT2D eigenvalue weighted by Crippen LogP contribution is 2.23. The molecular weight excluding hydrogens is 241 g/mol. The fourth-order valence-electron chi connectivity index (χ4n) is 2.88. The van der Waals surface area contributed by atoms with Crippen LogP contribution in [0.1, 0.15) is 31.7 Å². The van der Waals surface area contributed by atoms with Gasteiger partial charge in [-0.25, -0.2) is 0 Å². The van der Waals surface area contributed by atoms with Gasteiger partial charge >= 0.3 is 7.12 Å². The number of benzene rings is 1. The lowest BCUT2D eigenvalue weighted by molar-refractivity contribution is 0.240. The van der Waals surface area contributed by atoms with E-state index in [0.717, 1.165) is 30.8 Å². The van der Waals surface area contributed by atoms with E-state index in [1.54, 1.807) is 19.2 Å². The maximum Gasteiger partial charge on any atom is 0.488 e. The van der Waals surface area contributed by atoms with Crippen LogP contribution in [-0.4, -0.2) is 41.8 Å². The van der Waals surface area contributed by atoms with E-state index >= 15 is 0 Å². The monoisotopic (exact) mass is 263 g/mol. The molecule has 1 fully saturated rings. The molecule has 1 aromatic rings. The number of hydrogen-bond donors (Lipinski definition) is 2. The number of likely N-dealkylation sites (tertiary alicyclic amines) is 1. The van der Waals surface area contributed by atoms with Crippen molar-refractivity contribution in [3.63, 3.8) is 0 Å². The van der Waals surface area contributed by atoms with Gasteiger partial charge in [0.15, 0.2) is 0 Å². The van der Waals surface area contributed by atoms with Gasteiger partial charge in [0.25, 0.3) is 0 Å². The number of methoxy groups -OCH3 is 1. The van der Waals surface area contributed by atoms with Crippen molar-refractivity contribution >= 4 is 12.6 Å². The van der Waals surface area contributed by atoms with E-state index in [0.29, 0.717) is 11.5 Å². The Labute approximate surface area is 115 Å². The molecule has 0 aliphatic carbocycles. The van der Waals surface area contributed by atoms with Crippen LogP contribution in [0.15, 0.2) is 18.2 Å². The molecule has 1 aliphatic heterocycles. The van der Waals surface area contributed by atoms with Gasteiger partial charge in [-0.15, -0.1) is 0 Å². The fourth-order valence-corrected chi connectivity index (χ4v) is 2.88. The van der Waals surface area contributed by atoms with Gasteiger partial charge in [-0.3, -0.25) is 4.90 Å². The molecule has 104 valence electrons. The molecule has 4 nitrogen and oxygen atoms in total. The van der Waals surface area contributed by atoms with Gasteiger partial charge in [0.1, 0.15) is 5.75 Å². The van der Waals surface area contributed by atoms with E-state index in [1.807, 2.05) is 6.07 Å². The summed E-state index contributed by atoms with van der Waals surface area (Å²) < 4.78 is 5.23. The average Bonchev–Trinajstić information content (AvgIpc) is 2.85. The molecule has 0 amide bonds. The maximum atomic E-state index is 9.46. The first-order valence-corrected chi connectivity index (χ1v) is 6.92. The van der Waals surface area contributed by atoms with Gasteiger partial charge in [0, 0.05) is 12.6 Å². The average molecular weight is 263 g/mol. The van der Waals surface area contributed by atoms with Crippen molar-refractivity contribution in [3.8, 4) is 5.75 Å². The topological polar surface area (TPSA) is 52.9 Å². The van der Waals surface area contributed by atoms with Crippen LogP contribution in [0.4, 0.5) is 0 Å². The lowest BCUT2D eigenvalue weighted by Crippen LogP contribution is -2.37. The molecule has 0 radical (unpaired) electrons. The minimum absolute atomic E-state index is 0.572. The maximum absolute atomic E-state index is 9.46. The minimum atomic E-state index is -1.43. The van der Waals surface area contributed by atoms with Gasteiger partial charge in [-0.1, -0.05) is 13.0 Å². The third-order valence-corrected chi connectivity index (χ3v) is 3.97. The molecule has 2 N–H and O–H groups in total. The van der Waals surface area contributed by atoms with Gasteiger partial charge in [-0.05, 0) is 49.0 Å². The van der Waals surface area contributed by atoms with Crippen molar-refractivity contribution in [3.05, 3.63) is 23.8 Å². The van der Waals surface area contributed by atoms with Gasteiger partial charge in [0.05, 0.1) is 7.11 Å². The zero-order chi connectivity index (χ0) is 13.8. The molecule has 0 aromatic heterocycles. The smallest absolute Gasteiger partial charge is 0.488 e. The summed E-state index contributed by atoms with van der Waals surface area (Å²) in [5.41, 5.74) is 1.51. The normalized spacial score (nSPS) is 19.7. The first-order valence-electron chi connectivity index (χ1n) is 6.92. The zero-order valence-electron chi connectivity index (χ0n) is 11.7. The van der Waals surface area contributed by atoms with Crippen LogP contribution in [0.25, 0.3) is 0 Å². The quantitative estimate of drug-likeness (QED) is 0.770. The highest BCUT2D eigenvalue weighted by atomic mass is 16.5. The highest BCUT2D eigenvalue weighted by Gasteiger charge is 2.25. The molecule has 1 aliphatic rings. The molecule has 1 saturated heterocycles. The van der Waals surface area contributed by atoms with E-state index in [4.69, 9.17) is 4.74 Å². The number of hydrogen-bond acceptors (Lipinski definition) is 4. The highest BCUT2D eigenvalue weighted by molar-refractivity contribution is 6.59. The molecule has 5 heteroatoms. The van der Waals surface area contributed by atoms with Gasteiger partial charge < -0.3 is 14.8 Å². The SMILES string of the molecule is CCC1CCCN1Cc1cc(OC)ccc1B(O)O. The summed E-state index contributed by atoms with van der Waals surface area (Å²) in [5, 5.41) is 18.9. The second-order valence-electron chi connectivity index (χ2n) is 5.11. The second-order valence-corrected chi connectivity index (χ2v) is 5.11. The summed E-state index contributed by atoms with van der Waals surface area (Å²) >= 11 is 0. The first-order chi connectivity index (χ1) is 9.15. The Morgan fingerprint density at radius 1 is 1.42 bits per heavy atom. The molecule has 0 bridgehead atoms. The van der Waals surface area contributed by atoms with E-state index in [2.05, 4.69) is 11.8 Å². The molecular formula is C14H22BNO3. The number of rotatable bonds is 5. The molecule has 2 rings (SSSR count). The standard InChI is InChI=1S/C14H22BNO3/c1-3-12-5-4-8-16(12)10-11-9-13(19-2)6-7-14(11)15(17)18/h6-7,9,12,17-18H,3-5,8,10H2,1-2H3. The van der Waals surface area contributed by atoms with Crippen molar-refractivity contribution < 1.29 is 14.8 Å². The molecule has 0 saturated carbocycles. The Balaban J connectivity index is 2.21. The second kappa shape index (κ2) is 6.41. The summed E-state index contributed by atoms with van der Waals surface area (Å²) in [6, 6.07) is 6.00. The van der Waals surface area contributed by atoms with Crippen LogP contribution < -0.4 is 10.2 Å². The number of ether oxygens (including phenoxy) is 1. The summed E-state index contributed by atoms with van der Waals surface area (Å²) in [6.45, 7) is 4.04. The van der Waals surface area contributed by atoms with Crippen molar-refractivity contribution in [2.45, 2.75) is 38.8 Å². The van der Waals surface area contributed by atoms with Gasteiger partial charge in [0.2, 0.25) is 0 Å². The molecule has 19 heavy (non-hydrogen) atoms. The van der Waals surface area contributed by atoms with Crippen LogP contribution >= 0.6 is 0 Å². The van der Waals surface area contributed by atoms with Crippen LogP contribution in [-0.2, 0) is 6.54 Å². The van der Waals surface area contributed by atoms with E-state index in [-0.39, 0.29) is 0 Å². The summed E-state index contributed by atoms with van der Waals surface area (Å²) in [7, 11) is 0.197. The van der Waals surface area contributed by atoms with Crippen molar-refractivity contribution in [2.75, 3.05) is 13.7 Å². The summed E-state index contributed by atoms with van der Waals surface area (Å²) in [4.78, 5) is 2.42. The molecule has 1 atom stereocenters. The third kappa shape index (κ3) is 3.29. The zero-order valence-corrected chi connectivity index (χ0v) is 11.7. The molecule has 0 spiro atoms. The minimum Gasteiger partial charge on any atom is -0.497 e. The van der Waals surface area contributed by atoms with E-state index in [1.165, 1.54) is 12.8 Å². The van der Waals surface area contributed by atoms with Crippen LogP contribution in [0.5, 0.6) is 5.75 Å². The lowest BCUT2D eigenvalue weighted by atomic mass is 9.76. The molecule has 1 heterocycles. The Kier molecular flexibility index (Phi) is 4.85. The Morgan fingerprint density at radius 3 is 2.84 bits per heavy atom. The predicted molar refractivity (Wildman–Crippen MR) is 76.5 cm³/mol. The summed E-state index contributed by atoms with van der Waals surface area (Å²) in [6.07, 6.45) is 3.60. The lowest BCUT2D eigenvalue weighted by Gasteiger charge is -2.24.